The van der Waals surface area contributed by atoms with Crippen molar-refractivity contribution >= 4 is 16.8 Å². The van der Waals surface area contributed by atoms with Crippen molar-refractivity contribution in [3.63, 3.8) is 0 Å². The molecule has 1 amide bonds. The Morgan fingerprint density at radius 3 is 3.00 bits per heavy atom. The van der Waals surface area contributed by atoms with Crippen molar-refractivity contribution in [1.82, 2.24) is 10.3 Å². The largest absolute Gasteiger partial charge is 0.379 e. The number of rotatable bonds is 2. The third-order valence-electron chi connectivity index (χ3n) is 3.10. The van der Waals surface area contributed by atoms with Gasteiger partial charge >= 0.3 is 0 Å². The van der Waals surface area contributed by atoms with E-state index in [0.29, 0.717) is 12.3 Å². The lowest BCUT2D eigenvalue weighted by Gasteiger charge is -2.10. The molecule has 0 unspecified atom stereocenters. The van der Waals surface area contributed by atoms with Crippen LogP contribution in [0, 0.1) is 0 Å². The topological polar surface area (TPSA) is 51.2 Å². The van der Waals surface area contributed by atoms with E-state index in [1.807, 2.05) is 30.3 Å². The van der Waals surface area contributed by atoms with Gasteiger partial charge in [0.25, 0.3) is 5.91 Å². The maximum absolute atomic E-state index is 12.0. The summed E-state index contributed by atoms with van der Waals surface area (Å²) in [6.07, 6.45) is 0.874. The van der Waals surface area contributed by atoms with Crippen LogP contribution >= 0.6 is 0 Å². The van der Waals surface area contributed by atoms with Crippen molar-refractivity contribution in [2.75, 3.05) is 13.2 Å². The molecule has 2 aromatic rings. The molecule has 1 aromatic carbocycles. The summed E-state index contributed by atoms with van der Waals surface area (Å²) in [5, 5.41) is 3.97. The van der Waals surface area contributed by atoms with Gasteiger partial charge in [-0.2, -0.15) is 0 Å². The average Bonchev–Trinajstić information content (AvgIpc) is 2.91. The molecule has 2 heterocycles. The number of pyridine rings is 1. The van der Waals surface area contributed by atoms with Gasteiger partial charge in [0.05, 0.1) is 18.2 Å². The molecule has 1 saturated heterocycles. The summed E-state index contributed by atoms with van der Waals surface area (Å²) in [7, 11) is 0. The molecule has 1 fully saturated rings. The standard InChI is InChI=1S/C14H14N2O2/c17-14(15-11-7-8-18-9-11)13-6-5-10-3-1-2-4-12(10)16-13/h1-6,11H,7-9H2,(H,15,17)/t11-/m1/s1. The number of para-hydroxylation sites is 1. The first-order valence-electron chi connectivity index (χ1n) is 6.07. The molecule has 1 N–H and O–H groups in total. The average molecular weight is 242 g/mol. The lowest BCUT2D eigenvalue weighted by molar-refractivity contribution is 0.0925. The maximum Gasteiger partial charge on any atom is 0.270 e. The van der Waals surface area contributed by atoms with Gasteiger partial charge < -0.3 is 10.1 Å². The van der Waals surface area contributed by atoms with Gasteiger partial charge in [-0.15, -0.1) is 0 Å². The van der Waals surface area contributed by atoms with Crippen LogP contribution in [-0.4, -0.2) is 30.1 Å². The van der Waals surface area contributed by atoms with E-state index in [0.717, 1.165) is 23.9 Å². The fraction of sp³-hybridized carbons (Fsp3) is 0.286. The van der Waals surface area contributed by atoms with E-state index >= 15 is 0 Å². The number of fused-ring (bicyclic) bond motifs is 1. The molecule has 0 radical (unpaired) electrons. The first-order chi connectivity index (χ1) is 8.83. The highest BCUT2D eigenvalue weighted by molar-refractivity contribution is 5.95. The van der Waals surface area contributed by atoms with Gasteiger partial charge in [-0.1, -0.05) is 24.3 Å². The molecule has 1 aliphatic rings. The van der Waals surface area contributed by atoms with Crippen LogP contribution in [0.15, 0.2) is 36.4 Å². The van der Waals surface area contributed by atoms with Gasteiger partial charge in [0.15, 0.2) is 0 Å². The Hall–Kier alpha value is -1.94. The Bertz CT molecular complexity index is 577. The van der Waals surface area contributed by atoms with Crippen LogP contribution in [-0.2, 0) is 4.74 Å². The summed E-state index contributed by atoms with van der Waals surface area (Å²) in [4.78, 5) is 16.4. The molecule has 0 aliphatic carbocycles. The first kappa shape index (κ1) is 11.2. The molecular formula is C14H14N2O2. The third kappa shape index (κ3) is 2.19. The zero-order chi connectivity index (χ0) is 12.4. The number of amides is 1. The highest BCUT2D eigenvalue weighted by Crippen LogP contribution is 2.12. The van der Waals surface area contributed by atoms with E-state index in [1.165, 1.54) is 0 Å². The fourth-order valence-electron chi connectivity index (χ4n) is 2.10. The smallest absolute Gasteiger partial charge is 0.270 e. The van der Waals surface area contributed by atoms with Crippen molar-refractivity contribution in [3.8, 4) is 0 Å². The Balaban J connectivity index is 1.82. The van der Waals surface area contributed by atoms with Crippen LogP contribution < -0.4 is 5.32 Å². The molecule has 4 nitrogen and oxygen atoms in total. The monoisotopic (exact) mass is 242 g/mol. The molecular weight excluding hydrogens is 228 g/mol. The molecule has 0 bridgehead atoms. The second-order valence-electron chi connectivity index (χ2n) is 4.42. The zero-order valence-corrected chi connectivity index (χ0v) is 9.93. The van der Waals surface area contributed by atoms with Crippen LogP contribution in [0.4, 0.5) is 0 Å². The zero-order valence-electron chi connectivity index (χ0n) is 9.93. The number of nitrogens with zero attached hydrogens (tertiary/aromatic N) is 1. The SMILES string of the molecule is O=C(N[C@@H]1CCOC1)c1ccc2ccccc2n1. The van der Waals surface area contributed by atoms with Gasteiger partial charge in [-0.05, 0) is 18.6 Å². The van der Waals surface area contributed by atoms with Crippen molar-refractivity contribution in [2.45, 2.75) is 12.5 Å². The van der Waals surface area contributed by atoms with Crippen LogP contribution in [0.2, 0.25) is 0 Å². The van der Waals surface area contributed by atoms with Gasteiger partial charge in [0.1, 0.15) is 5.69 Å². The number of hydrogen-bond acceptors (Lipinski definition) is 3. The minimum atomic E-state index is -0.128. The van der Waals surface area contributed by atoms with Crippen molar-refractivity contribution in [3.05, 3.63) is 42.1 Å². The second kappa shape index (κ2) is 4.74. The van der Waals surface area contributed by atoms with E-state index < -0.39 is 0 Å². The molecule has 4 heteroatoms. The Labute approximate surface area is 105 Å². The molecule has 1 aliphatic heterocycles. The molecule has 1 aromatic heterocycles. The minimum absolute atomic E-state index is 0.116. The predicted molar refractivity (Wildman–Crippen MR) is 68.4 cm³/mol. The van der Waals surface area contributed by atoms with Crippen LogP contribution in [0.25, 0.3) is 10.9 Å². The van der Waals surface area contributed by atoms with Crippen molar-refractivity contribution < 1.29 is 9.53 Å². The van der Waals surface area contributed by atoms with E-state index in [2.05, 4.69) is 10.3 Å². The normalized spacial score (nSPS) is 19.0. The molecule has 0 saturated carbocycles. The van der Waals surface area contributed by atoms with Crippen molar-refractivity contribution in [1.29, 1.82) is 0 Å². The van der Waals surface area contributed by atoms with Gasteiger partial charge in [-0.25, -0.2) is 4.98 Å². The number of benzene rings is 1. The number of carbonyl (C=O) groups excluding carboxylic acids is 1. The Morgan fingerprint density at radius 1 is 1.28 bits per heavy atom. The molecule has 3 rings (SSSR count). The highest BCUT2D eigenvalue weighted by atomic mass is 16.5. The first-order valence-corrected chi connectivity index (χ1v) is 6.07. The van der Waals surface area contributed by atoms with E-state index in [1.54, 1.807) is 6.07 Å². The number of hydrogen-bond donors (Lipinski definition) is 1. The summed E-state index contributed by atoms with van der Waals surface area (Å²) in [5.74, 6) is -0.128. The van der Waals surface area contributed by atoms with Crippen LogP contribution in [0.3, 0.4) is 0 Å². The Kier molecular flexibility index (Phi) is 2.94. The summed E-state index contributed by atoms with van der Waals surface area (Å²) >= 11 is 0. The number of ether oxygens (including phenoxy) is 1. The number of carbonyl (C=O) groups is 1. The van der Waals surface area contributed by atoms with Gasteiger partial charge in [0, 0.05) is 12.0 Å². The summed E-state index contributed by atoms with van der Waals surface area (Å²) in [6.45, 7) is 1.31. The van der Waals surface area contributed by atoms with E-state index in [9.17, 15) is 4.79 Å². The molecule has 92 valence electrons. The molecule has 18 heavy (non-hydrogen) atoms. The summed E-state index contributed by atoms with van der Waals surface area (Å²) < 4.78 is 5.23. The minimum Gasteiger partial charge on any atom is -0.379 e. The molecule has 0 spiro atoms. The van der Waals surface area contributed by atoms with E-state index in [-0.39, 0.29) is 11.9 Å². The quantitative estimate of drug-likeness (QED) is 0.873. The van der Waals surface area contributed by atoms with Crippen molar-refractivity contribution in [2.24, 2.45) is 0 Å². The second-order valence-corrected chi connectivity index (χ2v) is 4.42. The lowest BCUT2D eigenvalue weighted by Crippen LogP contribution is -2.35. The van der Waals surface area contributed by atoms with Crippen LogP contribution in [0.1, 0.15) is 16.9 Å². The number of aromatic nitrogens is 1. The maximum atomic E-state index is 12.0. The lowest BCUT2D eigenvalue weighted by atomic mass is 10.2. The Morgan fingerprint density at radius 2 is 2.17 bits per heavy atom. The molecule has 1 atom stereocenters. The van der Waals surface area contributed by atoms with E-state index in [4.69, 9.17) is 4.74 Å². The summed E-state index contributed by atoms with van der Waals surface area (Å²) in [6, 6.07) is 11.6. The van der Waals surface area contributed by atoms with Crippen LogP contribution in [0.5, 0.6) is 0 Å². The third-order valence-corrected chi connectivity index (χ3v) is 3.10. The predicted octanol–water partition coefficient (Wildman–Crippen LogP) is 1.75. The number of nitrogens with one attached hydrogen (secondary N) is 1. The van der Waals surface area contributed by atoms with Gasteiger partial charge in [-0.3, -0.25) is 4.79 Å². The highest BCUT2D eigenvalue weighted by Gasteiger charge is 2.19. The summed E-state index contributed by atoms with van der Waals surface area (Å²) in [5.41, 5.74) is 1.30. The van der Waals surface area contributed by atoms with Gasteiger partial charge in [0.2, 0.25) is 0 Å². The fourth-order valence-corrected chi connectivity index (χ4v) is 2.10.